The number of para-hydroxylation sites is 1. The third kappa shape index (κ3) is 5.49. The molecule has 0 fully saturated rings. The minimum absolute atomic E-state index is 0.103. The molecule has 296 valence electrons. The van der Waals surface area contributed by atoms with Gasteiger partial charge in [0.25, 0.3) is 0 Å². The molecule has 2 heteroatoms. The van der Waals surface area contributed by atoms with Crippen molar-refractivity contribution >= 4 is 39.0 Å². The lowest BCUT2D eigenvalue weighted by molar-refractivity contribution is 0.660. The first-order chi connectivity index (χ1) is 30.2. The Morgan fingerprint density at radius 3 is 1.47 bits per heavy atom. The molecular weight excluding hydrogens is 751 g/mol. The Bertz CT molecular complexity index is 3390. The molecule has 1 heterocycles. The Hall–Kier alpha value is -7.42. The van der Waals surface area contributed by atoms with Crippen LogP contribution in [0, 0.1) is 0 Å². The number of hydrogen-bond acceptors (Lipinski definition) is 2. The fourth-order valence-corrected chi connectivity index (χ4v) is 10.6. The average Bonchev–Trinajstić information content (AvgIpc) is 3.89. The molecule has 2 aliphatic carbocycles. The Kier molecular flexibility index (Phi) is 7.96. The van der Waals surface area contributed by atoms with Crippen LogP contribution in [0.5, 0.6) is 0 Å². The summed E-state index contributed by atoms with van der Waals surface area (Å²) in [5.41, 5.74) is 22.7. The molecule has 2 nitrogen and oxygen atoms in total. The summed E-state index contributed by atoms with van der Waals surface area (Å²) in [6.45, 7) is 9.40. The van der Waals surface area contributed by atoms with Crippen LogP contribution in [0.3, 0.4) is 0 Å². The lowest BCUT2D eigenvalue weighted by Crippen LogP contribution is -2.16. The Morgan fingerprint density at radius 1 is 0.323 bits per heavy atom. The van der Waals surface area contributed by atoms with Crippen LogP contribution < -0.4 is 4.90 Å². The molecule has 0 bridgehead atoms. The molecule has 0 spiro atoms. The maximum atomic E-state index is 6.71. The van der Waals surface area contributed by atoms with Gasteiger partial charge >= 0.3 is 0 Å². The van der Waals surface area contributed by atoms with Crippen LogP contribution in [-0.2, 0) is 10.8 Å². The molecule has 2 aliphatic rings. The van der Waals surface area contributed by atoms with Crippen LogP contribution in [-0.4, -0.2) is 0 Å². The van der Waals surface area contributed by atoms with Gasteiger partial charge in [-0.25, -0.2) is 0 Å². The summed E-state index contributed by atoms with van der Waals surface area (Å²) in [5.74, 6) is 0. The van der Waals surface area contributed by atoms with Crippen LogP contribution in [0.15, 0.2) is 205 Å². The van der Waals surface area contributed by atoms with Crippen molar-refractivity contribution in [3.8, 4) is 55.6 Å². The van der Waals surface area contributed by atoms with E-state index < -0.39 is 0 Å². The molecule has 0 amide bonds. The van der Waals surface area contributed by atoms with Gasteiger partial charge in [-0.05, 0) is 133 Å². The summed E-state index contributed by atoms with van der Waals surface area (Å²) in [5, 5.41) is 2.25. The fourth-order valence-electron chi connectivity index (χ4n) is 10.6. The van der Waals surface area contributed by atoms with Crippen LogP contribution >= 0.6 is 0 Å². The van der Waals surface area contributed by atoms with E-state index in [-0.39, 0.29) is 10.8 Å². The zero-order valence-corrected chi connectivity index (χ0v) is 35.4. The number of hydrogen-bond donors (Lipinski definition) is 0. The summed E-state index contributed by atoms with van der Waals surface area (Å²) in [4.78, 5) is 2.40. The number of benzene rings is 9. The highest BCUT2D eigenvalue weighted by atomic mass is 16.3. The predicted molar refractivity (Wildman–Crippen MR) is 260 cm³/mol. The third-order valence-corrected chi connectivity index (χ3v) is 13.9. The largest absolute Gasteiger partial charge is 0.455 e. The van der Waals surface area contributed by atoms with E-state index in [1.165, 1.54) is 61.2 Å². The molecular formula is C60H45NO. The van der Waals surface area contributed by atoms with E-state index >= 15 is 0 Å². The van der Waals surface area contributed by atoms with Gasteiger partial charge in [0.15, 0.2) is 0 Å². The van der Waals surface area contributed by atoms with Gasteiger partial charge in [-0.3, -0.25) is 0 Å². The quantitative estimate of drug-likeness (QED) is 0.167. The van der Waals surface area contributed by atoms with Gasteiger partial charge in [-0.15, -0.1) is 0 Å². The van der Waals surface area contributed by atoms with Crippen molar-refractivity contribution in [2.45, 2.75) is 38.5 Å². The van der Waals surface area contributed by atoms with E-state index in [9.17, 15) is 0 Å². The monoisotopic (exact) mass is 795 g/mol. The van der Waals surface area contributed by atoms with Crippen molar-refractivity contribution in [1.82, 2.24) is 0 Å². The number of rotatable bonds is 6. The first kappa shape index (κ1) is 36.4. The van der Waals surface area contributed by atoms with Crippen molar-refractivity contribution in [2.75, 3.05) is 4.90 Å². The van der Waals surface area contributed by atoms with Crippen LogP contribution in [0.25, 0.3) is 77.6 Å². The number of fused-ring (bicyclic) bond motifs is 9. The van der Waals surface area contributed by atoms with Gasteiger partial charge in [-0.1, -0.05) is 167 Å². The summed E-state index contributed by atoms with van der Waals surface area (Å²) in [7, 11) is 0. The minimum atomic E-state index is -0.110. The first-order valence-corrected chi connectivity index (χ1v) is 21.7. The number of nitrogens with zero attached hydrogens (tertiary/aromatic N) is 1. The van der Waals surface area contributed by atoms with Gasteiger partial charge in [0, 0.05) is 44.2 Å². The molecule has 0 N–H and O–H groups in total. The standard InChI is InChI=1S/C60H45NO/c1-59(2)53-19-11-8-16-46(53)48-32-26-41(36-55(48)59)51-34-42(35-52-50-18-10-13-21-57(50)62-58(51)52)40-24-29-44(30-25-40)61(43-27-22-39(23-28-43)38-14-6-5-7-15-38)45-31-33-49-47-17-9-12-20-54(47)60(3,4)56(49)37-45/h5-37H,1-4H3. The zero-order valence-electron chi connectivity index (χ0n) is 35.4. The number of anilines is 3. The van der Waals surface area contributed by atoms with Gasteiger partial charge in [0.1, 0.15) is 11.2 Å². The lowest BCUT2D eigenvalue weighted by Gasteiger charge is -2.28. The summed E-state index contributed by atoms with van der Waals surface area (Å²) in [6, 6.07) is 73.5. The Balaban J connectivity index is 0.984. The fraction of sp³-hybridized carbons (Fsp3) is 0.100. The molecule has 1 aromatic heterocycles. The normalized spacial score (nSPS) is 14.1. The predicted octanol–water partition coefficient (Wildman–Crippen LogP) is 16.7. The number of furan rings is 1. The minimum Gasteiger partial charge on any atom is -0.455 e. The highest BCUT2D eigenvalue weighted by Crippen LogP contribution is 2.52. The second-order valence-electron chi connectivity index (χ2n) is 18.1. The maximum Gasteiger partial charge on any atom is 0.143 e. The summed E-state index contributed by atoms with van der Waals surface area (Å²) < 4.78 is 6.71. The van der Waals surface area contributed by atoms with E-state index in [0.29, 0.717) is 0 Å². The smallest absolute Gasteiger partial charge is 0.143 e. The Labute approximate surface area is 363 Å². The van der Waals surface area contributed by atoms with Crippen molar-refractivity contribution in [1.29, 1.82) is 0 Å². The molecule has 12 rings (SSSR count). The van der Waals surface area contributed by atoms with E-state index in [2.05, 4.69) is 233 Å². The topological polar surface area (TPSA) is 16.4 Å². The van der Waals surface area contributed by atoms with Crippen LogP contribution in [0.2, 0.25) is 0 Å². The molecule has 0 unspecified atom stereocenters. The first-order valence-electron chi connectivity index (χ1n) is 21.7. The highest BCUT2D eigenvalue weighted by molar-refractivity contribution is 6.11. The van der Waals surface area contributed by atoms with Crippen molar-refractivity contribution in [3.05, 3.63) is 222 Å². The van der Waals surface area contributed by atoms with Gasteiger partial charge in [0.2, 0.25) is 0 Å². The van der Waals surface area contributed by atoms with Crippen molar-refractivity contribution in [3.63, 3.8) is 0 Å². The highest BCUT2D eigenvalue weighted by Gasteiger charge is 2.37. The Morgan fingerprint density at radius 2 is 0.806 bits per heavy atom. The lowest BCUT2D eigenvalue weighted by atomic mass is 9.81. The SMILES string of the molecule is CC1(C)c2ccccc2-c2ccc(-c3cc(-c4ccc(N(c5ccc(-c6ccccc6)cc5)c5ccc6c(c5)C(C)(C)c5ccccc5-6)cc4)cc4c3oc3ccccc34)cc21. The van der Waals surface area contributed by atoms with Gasteiger partial charge in [0.05, 0.1) is 0 Å². The third-order valence-electron chi connectivity index (χ3n) is 13.9. The van der Waals surface area contributed by atoms with E-state index in [1.54, 1.807) is 0 Å². The summed E-state index contributed by atoms with van der Waals surface area (Å²) >= 11 is 0. The van der Waals surface area contributed by atoms with E-state index in [4.69, 9.17) is 4.42 Å². The summed E-state index contributed by atoms with van der Waals surface area (Å²) in [6.07, 6.45) is 0. The van der Waals surface area contributed by atoms with E-state index in [1.807, 2.05) is 0 Å². The van der Waals surface area contributed by atoms with Gasteiger partial charge in [-0.2, -0.15) is 0 Å². The second kappa shape index (κ2) is 13.5. The molecule has 0 saturated heterocycles. The molecule has 0 aliphatic heterocycles. The van der Waals surface area contributed by atoms with Crippen LogP contribution in [0.4, 0.5) is 17.1 Å². The molecule has 9 aromatic carbocycles. The molecule has 0 saturated carbocycles. The molecule has 10 aromatic rings. The molecule has 0 radical (unpaired) electrons. The molecule has 62 heavy (non-hydrogen) atoms. The molecule has 0 atom stereocenters. The second-order valence-corrected chi connectivity index (χ2v) is 18.1. The zero-order chi connectivity index (χ0) is 41.7. The van der Waals surface area contributed by atoms with E-state index in [0.717, 1.165) is 55.7 Å². The van der Waals surface area contributed by atoms with Crippen molar-refractivity contribution in [2.24, 2.45) is 0 Å². The van der Waals surface area contributed by atoms with Crippen LogP contribution in [0.1, 0.15) is 49.9 Å². The van der Waals surface area contributed by atoms with Gasteiger partial charge < -0.3 is 9.32 Å². The maximum absolute atomic E-state index is 6.71. The van der Waals surface area contributed by atoms with Crippen molar-refractivity contribution < 1.29 is 4.42 Å². The average molecular weight is 796 g/mol.